The number of halogens is 1. The summed E-state index contributed by atoms with van der Waals surface area (Å²) in [6.45, 7) is 0. The Balaban J connectivity index is 2.44. The van der Waals surface area contributed by atoms with E-state index in [-0.39, 0.29) is 18.2 Å². The number of hydrogen-bond donors (Lipinski definition) is 0. The van der Waals surface area contributed by atoms with Crippen LogP contribution in [0.1, 0.15) is 6.42 Å². The second-order valence-corrected chi connectivity index (χ2v) is 3.57. The minimum absolute atomic E-state index is 0.145. The number of fused-ring (bicyclic) bond motifs is 1. The van der Waals surface area contributed by atoms with Crippen molar-refractivity contribution in [1.82, 2.24) is 4.90 Å². The molecule has 0 aliphatic carbocycles. The maximum atomic E-state index is 11.3. The van der Waals surface area contributed by atoms with Crippen molar-refractivity contribution >= 4 is 33.6 Å². The van der Waals surface area contributed by atoms with E-state index in [0.717, 1.165) is 4.48 Å². The normalized spacial score (nSPS) is 21.2. The molecule has 2 aliphatic rings. The summed E-state index contributed by atoms with van der Waals surface area (Å²) >= 11 is 3.23. The molecule has 2 heterocycles. The second-order valence-electron chi connectivity index (χ2n) is 2.65. The standard InChI is InChI=1S/C8H5BrN2O2/c9-5-1-2-6-10-7(12)3-8(13)11(6)4-5/h1-2,4H,3H2. The molecule has 13 heavy (non-hydrogen) atoms. The Morgan fingerprint density at radius 2 is 2.15 bits per heavy atom. The van der Waals surface area contributed by atoms with Crippen molar-refractivity contribution in [2.24, 2.45) is 4.99 Å². The summed E-state index contributed by atoms with van der Waals surface area (Å²) in [5.41, 5.74) is 0. The maximum Gasteiger partial charge on any atom is 0.257 e. The average Bonchev–Trinajstić information content (AvgIpc) is 2.06. The molecule has 0 saturated carbocycles. The number of allylic oxidation sites excluding steroid dienone is 2. The highest BCUT2D eigenvalue weighted by Gasteiger charge is 2.26. The Bertz CT molecular complexity index is 382. The highest BCUT2D eigenvalue weighted by molar-refractivity contribution is 9.11. The van der Waals surface area contributed by atoms with Gasteiger partial charge in [-0.15, -0.1) is 0 Å². The lowest BCUT2D eigenvalue weighted by atomic mass is 10.2. The molecule has 0 unspecified atom stereocenters. The minimum atomic E-state index is -0.382. The van der Waals surface area contributed by atoms with E-state index in [0.29, 0.717) is 5.84 Å². The van der Waals surface area contributed by atoms with Gasteiger partial charge in [-0.2, -0.15) is 4.99 Å². The van der Waals surface area contributed by atoms with E-state index >= 15 is 0 Å². The summed E-state index contributed by atoms with van der Waals surface area (Å²) in [7, 11) is 0. The van der Waals surface area contributed by atoms with Gasteiger partial charge >= 0.3 is 0 Å². The number of rotatable bonds is 0. The summed E-state index contributed by atoms with van der Waals surface area (Å²) in [5, 5.41) is 0. The third-order valence-electron chi connectivity index (χ3n) is 1.70. The lowest BCUT2D eigenvalue weighted by molar-refractivity contribution is -0.131. The van der Waals surface area contributed by atoms with Crippen LogP contribution in [0.15, 0.2) is 27.8 Å². The average molecular weight is 241 g/mol. The van der Waals surface area contributed by atoms with Gasteiger partial charge in [0.1, 0.15) is 12.3 Å². The smallest absolute Gasteiger partial charge is 0.257 e. The van der Waals surface area contributed by atoms with Gasteiger partial charge in [0.15, 0.2) is 0 Å². The Morgan fingerprint density at radius 3 is 2.92 bits per heavy atom. The fourth-order valence-electron chi connectivity index (χ4n) is 1.14. The van der Waals surface area contributed by atoms with E-state index in [2.05, 4.69) is 20.9 Å². The number of carbonyl (C=O) groups is 2. The van der Waals surface area contributed by atoms with Crippen molar-refractivity contribution in [3.63, 3.8) is 0 Å². The molecule has 2 aliphatic heterocycles. The van der Waals surface area contributed by atoms with E-state index in [4.69, 9.17) is 0 Å². The van der Waals surface area contributed by atoms with Crippen LogP contribution in [0, 0.1) is 0 Å². The van der Waals surface area contributed by atoms with Crippen molar-refractivity contribution < 1.29 is 9.59 Å². The van der Waals surface area contributed by atoms with Gasteiger partial charge in [0.25, 0.3) is 5.91 Å². The predicted octanol–water partition coefficient (Wildman–Crippen LogP) is 0.950. The van der Waals surface area contributed by atoms with E-state index < -0.39 is 0 Å². The van der Waals surface area contributed by atoms with Gasteiger partial charge in [0.05, 0.1) is 0 Å². The van der Waals surface area contributed by atoms with Crippen molar-refractivity contribution in [2.75, 3.05) is 0 Å². The molecule has 4 nitrogen and oxygen atoms in total. The largest absolute Gasteiger partial charge is 0.273 e. The van der Waals surface area contributed by atoms with Crippen molar-refractivity contribution in [2.45, 2.75) is 6.42 Å². The first-order valence-corrected chi connectivity index (χ1v) is 4.45. The first kappa shape index (κ1) is 8.37. The lowest BCUT2D eigenvalue weighted by Crippen LogP contribution is -2.38. The van der Waals surface area contributed by atoms with Gasteiger partial charge in [-0.05, 0) is 28.1 Å². The minimum Gasteiger partial charge on any atom is -0.273 e. The predicted molar refractivity (Wildman–Crippen MR) is 50.1 cm³/mol. The number of amides is 2. The molecule has 66 valence electrons. The van der Waals surface area contributed by atoms with Crippen LogP contribution in [0.3, 0.4) is 0 Å². The molecule has 0 spiro atoms. The molecule has 0 aromatic heterocycles. The van der Waals surface area contributed by atoms with E-state index in [1.165, 1.54) is 4.90 Å². The van der Waals surface area contributed by atoms with E-state index in [9.17, 15) is 9.59 Å². The molecule has 0 N–H and O–H groups in total. The Kier molecular flexibility index (Phi) is 1.88. The fourth-order valence-corrected chi connectivity index (χ4v) is 1.48. The lowest BCUT2D eigenvalue weighted by Gasteiger charge is -2.23. The Morgan fingerprint density at radius 1 is 1.38 bits per heavy atom. The van der Waals surface area contributed by atoms with Crippen LogP contribution in [0.4, 0.5) is 0 Å². The summed E-state index contributed by atoms with van der Waals surface area (Å²) in [5.74, 6) is -0.229. The summed E-state index contributed by atoms with van der Waals surface area (Å²) in [6.07, 6.45) is 4.82. The van der Waals surface area contributed by atoms with Gasteiger partial charge in [0.2, 0.25) is 5.91 Å². The number of aliphatic imine (C=N–C) groups is 1. The molecule has 5 heteroatoms. The monoisotopic (exact) mass is 240 g/mol. The van der Waals surface area contributed by atoms with Crippen LogP contribution in [0.2, 0.25) is 0 Å². The molecule has 0 aromatic carbocycles. The number of amidine groups is 1. The molecule has 2 rings (SSSR count). The zero-order valence-corrected chi connectivity index (χ0v) is 8.11. The molecule has 0 bridgehead atoms. The summed E-state index contributed by atoms with van der Waals surface area (Å²) in [6, 6.07) is 0. The Labute approximate surface area is 82.7 Å². The number of carbonyl (C=O) groups excluding carboxylic acids is 2. The molecule has 0 atom stereocenters. The van der Waals surface area contributed by atoms with Crippen molar-refractivity contribution in [3.05, 3.63) is 22.8 Å². The number of nitrogens with zero attached hydrogens (tertiary/aromatic N) is 2. The third-order valence-corrected chi connectivity index (χ3v) is 2.17. The SMILES string of the molecule is O=C1CC(=O)N2C=C(Br)C=CC2=N1. The van der Waals surface area contributed by atoms with Crippen LogP contribution in [-0.4, -0.2) is 22.5 Å². The summed E-state index contributed by atoms with van der Waals surface area (Å²) in [4.78, 5) is 27.3. The van der Waals surface area contributed by atoms with Gasteiger partial charge in [-0.3, -0.25) is 14.5 Å². The molecule has 0 aromatic rings. The molecule has 0 fully saturated rings. The van der Waals surface area contributed by atoms with Crippen LogP contribution in [0.5, 0.6) is 0 Å². The molecular formula is C8H5BrN2O2. The fraction of sp³-hybridized carbons (Fsp3) is 0.125. The van der Waals surface area contributed by atoms with E-state index in [1.807, 2.05) is 0 Å². The first-order chi connectivity index (χ1) is 6.16. The summed E-state index contributed by atoms with van der Waals surface area (Å²) < 4.78 is 0.786. The Hall–Kier alpha value is -1.23. The van der Waals surface area contributed by atoms with E-state index in [1.54, 1.807) is 18.4 Å². The first-order valence-electron chi connectivity index (χ1n) is 3.66. The van der Waals surface area contributed by atoms with Gasteiger partial charge < -0.3 is 0 Å². The van der Waals surface area contributed by atoms with Gasteiger partial charge in [-0.1, -0.05) is 0 Å². The molecule has 0 radical (unpaired) electrons. The zero-order valence-electron chi connectivity index (χ0n) is 6.53. The van der Waals surface area contributed by atoms with Crippen LogP contribution in [0.25, 0.3) is 0 Å². The quantitative estimate of drug-likeness (QED) is 0.593. The molecule has 0 saturated heterocycles. The maximum absolute atomic E-state index is 11.3. The second kappa shape index (κ2) is 2.92. The van der Waals surface area contributed by atoms with Gasteiger partial charge in [0, 0.05) is 10.7 Å². The van der Waals surface area contributed by atoms with Crippen molar-refractivity contribution in [3.8, 4) is 0 Å². The van der Waals surface area contributed by atoms with Gasteiger partial charge in [-0.25, -0.2) is 0 Å². The zero-order chi connectivity index (χ0) is 9.42. The molecule has 2 amide bonds. The van der Waals surface area contributed by atoms with Crippen LogP contribution >= 0.6 is 15.9 Å². The number of hydrogen-bond acceptors (Lipinski definition) is 2. The van der Waals surface area contributed by atoms with Crippen LogP contribution in [-0.2, 0) is 9.59 Å². The van der Waals surface area contributed by atoms with Crippen molar-refractivity contribution in [1.29, 1.82) is 0 Å². The topological polar surface area (TPSA) is 49.7 Å². The third kappa shape index (κ3) is 1.47. The highest BCUT2D eigenvalue weighted by Crippen LogP contribution is 2.18. The molecular weight excluding hydrogens is 236 g/mol. The highest BCUT2D eigenvalue weighted by atomic mass is 79.9. The van der Waals surface area contributed by atoms with Crippen LogP contribution < -0.4 is 0 Å².